The molecule has 2 aromatic heterocycles. The number of rotatable bonds is 5. The Morgan fingerprint density at radius 1 is 0.952 bits per heavy atom. The molecule has 7 nitrogen and oxygen atoms in total. The first-order valence-corrected chi connectivity index (χ1v) is 13.6. The molecule has 0 aliphatic carbocycles. The number of aliphatic hydroxyl groups is 1. The van der Waals surface area contributed by atoms with Crippen molar-refractivity contribution in [2.24, 2.45) is 0 Å². The van der Waals surface area contributed by atoms with Crippen LogP contribution in [-0.4, -0.2) is 30.3 Å². The number of hydrogen-bond acceptors (Lipinski definition) is 7. The predicted octanol–water partition coefficient (Wildman–Crippen LogP) is 5.43. The minimum Gasteiger partial charge on any atom is -0.377 e. The van der Waals surface area contributed by atoms with Crippen LogP contribution in [-0.2, 0) is 23.8 Å². The molecule has 0 spiro atoms. The lowest BCUT2D eigenvalue weighted by atomic mass is 9.80. The number of thioether (sulfide) groups is 1. The van der Waals surface area contributed by atoms with Gasteiger partial charge >= 0.3 is 5.92 Å². The van der Waals surface area contributed by atoms with Crippen LogP contribution in [0.1, 0.15) is 33.5 Å². The molecule has 0 saturated heterocycles. The van der Waals surface area contributed by atoms with E-state index in [1.54, 1.807) is 23.9 Å². The van der Waals surface area contributed by atoms with Crippen molar-refractivity contribution in [1.82, 2.24) is 25.2 Å². The van der Waals surface area contributed by atoms with Crippen molar-refractivity contribution in [3.63, 3.8) is 0 Å². The summed E-state index contributed by atoms with van der Waals surface area (Å²) in [4.78, 5) is 4.98. The second kappa shape index (κ2) is 10.8. The van der Waals surface area contributed by atoms with Crippen molar-refractivity contribution < 1.29 is 18.3 Å². The van der Waals surface area contributed by atoms with Crippen molar-refractivity contribution in [1.29, 1.82) is 5.26 Å². The van der Waals surface area contributed by atoms with Gasteiger partial charge in [-0.25, -0.2) is 9.07 Å². The van der Waals surface area contributed by atoms with Crippen LogP contribution in [0.4, 0.5) is 13.2 Å². The molecule has 1 N–H and O–H groups in total. The highest BCUT2D eigenvalue weighted by atomic mass is 32.2. The minimum atomic E-state index is -3.87. The molecule has 5 aromatic rings. The van der Waals surface area contributed by atoms with E-state index < -0.39 is 29.6 Å². The Morgan fingerprint density at radius 3 is 2.38 bits per heavy atom. The smallest absolute Gasteiger partial charge is 0.323 e. The number of fused-ring (bicyclic) bond motifs is 3. The highest BCUT2D eigenvalue weighted by molar-refractivity contribution is 7.98. The Hall–Kier alpha value is -4.97. The third kappa shape index (κ3) is 5.00. The molecule has 11 heteroatoms. The molecule has 6 rings (SSSR count). The number of alkyl halides is 2. The van der Waals surface area contributed by atoms with Crippen molar-refractivity contribution in [3.05, 3.63) is 124 Å². The summed E-state index contributed by atoms with van der Waals surface area (Å²) in [5.41, 5.74) is -0.781. The number of aromatic nitrogens is 5. The van der Waals surface area contributed by atoms with E-state index in [-0.39, 0.29) is 17.0 Å². The summed E-state index contributed by atoms with van der Waals surface area (Å²) in [5, 5.41) is 31.2. The Bertz CT molecular complexity index is 1870. The number of tetrazole rings is 1. The van der Waals surface area contributed by atoms with Gasteiger partial charge in [-0.1, -0.05) is 30.0 Å². The van der Waals surface area contributed by atoms with Crippen LogP contribution in [0.5, 0.6) is 0 Å². The van der Waals surface area contributed by atoms with E-state index in [9.17, 15) is 9.50 Å². The fourth-order valence-electron chi connectivity index (χ4n) is 4.62. The summed E-state index contributed by atoms with van der Waals surface area (Å²) in [6.45, 7) is -0.647. The summed E-state index contributed by atoms with van der Waals surface area (Å²) in [6.07, 6.45) is 1.22. The molecule has 0 fully saturated rings. The first-order chi connectivity index (χ1) is 20.3. The van der Waals surface area contributed by atoms with Gasteiger partial charge in [-0.2, -0.15) is 14.0 Å². The number of nitriles is 1. The molecule has 1 aliphatic rings. The highest BCUT2D eigenvalue weighted by Crippen LogP contribution is 2.50. The van der Waals surface area contributed by atoms with Crippen LogP contribution >= 0.6 is 11.8 Å². The lowest BCUT2D eigenvalue weighted by Gasteiger charge is -2.39. The molecule has 206 valence electrons. The first-order valence-electron chi connectivity index (χ1n) is 12.6. The van der Waals surface area contributed by atoms with Crippen molar-refractivity contribution >= 4 is 11.8 Å². The standard InChI is InChI=1S/C31H19F3N6OS/c32-24-10-13-27-26(15-24)29-37-38-39-40(29)19-30(27,41)31(33,34)28-14-9-22(17-36-28)4-1-20-7-11-25(12-8-20)42-18-23-5-2-21(16-35)3-6-23/h2-3,5-15,17,41H,18-19H2. The molecule has 0 radical (unpaired) electrons. The van der Waals surface area contributed by atoms with Crippen LogP contribution in [0.15, 0.2) is 90.0 Å². The molecule has 1 unspecified atom stereocenters. The van der Waals surface area contributed by atoms with E-state index in [4.69, 9.17) is 5.26 Å². The summed E-state index contributed by atoms with van der Waals surface area (Å²) in [5.74, 6) is 2.22. The van der Waals surface area contributed by atoms with E-state index >= 15 is 8.78 Å². The fourth-order valence-corrected chi connectivity index (χ4v) is 5.48. The molecular weight excluding hydrogens is 561 g/mol. The quantitative estimate of drug-likeness (QED) is 0.219. The van der Waals surface area contributed by atoms with Gasteiger partial charge < -0.3 is 5.11 Å². The van der Waals surface area contributed by atoms with Gasteiger partial charge in [0.1, 0.15) is 11.5 Å². The Kier molecular flexibility index (Phi) is 6.99. The molecule has 1 atom stereocenters. The van der Waals surface area contributed by atoms with Crippen LogP contribution in [0.2, 0.25) is 0 Å². The molecule has 0 saturated carbocycles. The summed E-state index contributed by atoms with van der Waals surface area (Å²) in [6, 6.07) is 22.9. The second-order valence-corrected chi connectivity index (χ2v) is 10.6. The maximum absolute atomic E-state index is 15.9. The number of halogens is 3. The van der Waals surface area contributed by atoms with Crippen LogP contribution in [0.25, 0.3) is 11.4 Å². The van der Waals surface area contributed by atoms with Crippen LogP contribution in [0.3, 0.4) is 0 Å². The molecule has 0 amide bonds. The lowest BCUT2D eigenvalue weighted by molar-refractivity contribution is -0.207. The van der Waals surface area contributed by atoms with Gasteiger partial charge in [0.05, 0.1) is 18.2 Å². The maximum atomic E-state index is 15.9. The first kappa shape index (κ1) is 27.2. The Labute approximate surface area is 242 Å². The van der Waals surface area contributed by atoms with Gasteiger partial charge in [0.2, 0.25) is 0 Å². The van der Waals surface area contributed by atoms with Crippen molar-refractivity contribution in [2.75, 3.05) is 0 Å². The zero-order valence-corrected chi connectivity index (χ0v) is 22.5. The minimum absolute atomic E-state index is 0.0189. The number of benzene rings is 3. The van der Waals surface area contributed by atoms with Gasteiger partial charge in [0.25, 0.3) is 0 Å². The molecular formula is C31H19F3N6OS. The third-order valence-corrected chi connectivity index (χ3v) is 7.96. The van der Waals surface area contributed by atoms with Gasteiger partial charge in [0.15, 0.2) is 11.4 Å². The lowest BCUT2D eigenvalue weighted by Crippen LogP contribution is -2.49. The maximum Gasteiger partial charge on any atom is 0.323 e. The number of nitrogens with zero attached hydrogens (tertiary/aromatic N) is 6. The predicted molar refractivity (Wildman–Crippen MR) is 148 cm³/mol. The average Bonchev–Trinajstić information content (AvgIpc) is 3.48. The van der Waals surface area contributed by atoms with E-state index in [0.717, 1.165) is 50.7 Å². The summed E-state index contributed by atoms with van der Waals surface area (Å²) in [7, 11) is 0. The highest BCUT2D eigenvalue weighted by Gasteiger charge is 2.59. The van der Waals surface area contributed by atoms with Gasteiger partial charge in [0, 0.05) is 39.1 Å². The Morgan fingerprint density at radius 2 is 1.67 bits per heavy atom. The van der Waals surface area contributed by atoms with Crippen molar-refractivity contribution in [2.45, 2.75) is 28.7 Å². The molecule has 1 aliphatic heterocycles. The second-order valence-electron chi connectivity index (χ2n) is 9.59. The zero-order valence-electron chi connectivity index (χ0n) is 21.7. The van der Waals surface area contributed by atoms with E-state index in [2.05, 4.69) is 38.4 Å². The van der Waals surface area contributed by atoms with E-state index in [0.29, 0.717) is 11.1 Å². The van der Waals surface area contributed by atoms with Gasteiger partial charge in [-0.05, 0) is 76.7 Å². The molecule has 42 heavy (non-hydrogen) atoms. The van der Waals surface area contributed by atoms with Crippen LogP contribution < -0.4 is 0 Å². The van der Waals surface area contributed by atoms with Gasteiger partial charge in [-0.3, -0.25) is 4.98 Å². The fraction of sp³-hybridized carbons (Fsp3) is 0.129. The monoisotopic (exact) mass is 580 g/mol. The average molecular weight is 581 g/mol. The SMILES string of the molecule is N#Cc1ccc(CSc2ccc(C#Cc3ccc(C(F)(F)C4(O)Cn5nnnc5-c5cc(F)ccc54)nc3)cc2)cc1. The summed E-state index contributed by atoms with van der Waals surface area (Å²) < 4.78 is 46.8. The number of hydrogen-bond donors (Lipinski definition) is 1. The van der Waals surface area contributed by atoms with Crippen molar-refractivity contribution in [3.8, 4) is 29.3 Å². The van der Waals surface area contributed by atoms with Gasteiger partial charge in [-0.15, -0.1) is 16.9 Å². The summed E-state index contributed by atoms with van der Waals surface area (Å²) >= 11 is 1.66. The molecule has 0 bridgehead atoms. The number of pyridine rings is 1. The van der Waals surface area contributed by atoms with E-state index in [1.807, 2.05) is 36.4 Å². The Balaban J connectivity index is 1.17. The molecule has 3 aromatic carbocycles. The topological polar surface area (TPSA) is 101 Å². The largest absolute Gasteiger partial charge is 0.377 e. The zero-order chi connectivity index (χ0) is 29.3. The molecule has 3 heterocycles. The third-order valence-electron chi connectivity index (χ3n) is 6.88. The normalized spacial score (nSPS) is 15.6. The van der Waals surface area contributed by atoms with E-state index in [1.165, 1.54) is 12.3 Å². The van der Waals surface area contributed by atoms with Crippen LogP contribution in [0, 0.1) is 29.0 Å².